The lowest BCUT2D eigenvalue weighted by Gasteiger charge is -2.26. The van der Waals surface area contributed by atoms with E-state index in [1.807, 2.05) is 33.0 Å². The first kappa shape index (κ1) is 19.4. The van der Waals surface area contributed by atoms with Crippen LogP contribution in [0.2, 0.25) is 0 Å². The summed E-state index contributed by atoms with van der Waals surface area (Å²) < 4.78 is 0. The number of nitrogens with one attached hydrogen (secondary N) is 1. The van der Waals surface area contributed by atoms with Gasteiger partial charge in [0.2, 0.25) is 0 Å². The number of likely N-dealkylation sites (N-methyl/N-ethyl adjacent to an activating group) is 1. The SMILES string of the molecule is CC[C@H]1NC2C(C)/C=C\C(Cl)=C/C(C(C)C)C(=O)CC(=O)C2N1C. The zero-order chi connectivity index (χ0) is 18.0. The number of hydrogen-bond donors (Lipinski definition) is 1. The van der Waals surface area contributed by atoms with Gasteiger partial charge in [-0.05, 0) is 31.4 Å². The van der Waals surface area contributed by atoms with E-state index in [0.29, 0.717) is 5.03 Å². The summed E-state index contributed by atoms with van der Waals surface area (Å²) in [5.41, 5.74) is 0. The molecule has 0 bridgehead atoms. The lowest BCUT2D eigenvalue weighted by atomic mass is 9.86. The lowest BCUT2D eigenvalue weighted by molar-refractivity contribution is -0.131. The van der Waals surface area contributed by atoms with Crippen molar-refractivity contribution in [1.29, 1.82) is 0 Å². The van der Waals surface area contributed by atoms with Gasteiger partial charge in [-0.25, -0.2) is 0 Å². The number of rotatable bonds is 2. The van der Waals surface area contributed by atoms with Crippen LogP contribution < -0.4 is 5.32 Å². The van der Waals surface area contributed by atoms with Crippen LogP contribution in [-0.2, 0) is 9.59 Å². The summed E-state index contributed by atoms with van der Waals surface area (Å²) in [6.07, 6.45) is 6.73. The predicted octanol–water partition coefficient (Wildman–Crippen LogP) is 3.12. The van der Waals surface area contributed by atoms with Gasteiger partial charge in [0, 0.05) is 17.0 Å². The standard InChI is InChI=1S/C19H29ClN2O2/c1-6-17-21-18-12(4)7-8-13(20)9-14(11(2)3)15(23)10-16(24)19(18)22(17)5/h7-9,11-12,14,17-19,21H,6,10H2,1-5H3/b8-7-,13-9+/t12?,14?,17-,18?,19?/m0/s1. The molecule has 0 saturated carbocycles. The van der Waals surface area contributed by atoms with Crippen LogP contribution >= 0.6 is 11.6 Å². The van der Waals surface area contributed by atoms with Gasteiger partial charge in [0.1, 0.15) is 5.78 Å². The van der Waals surface area contributed by atoms with Gasteiger partial charge in [0.15, 0.2) is 5.78 Å². The molecule has 1 aliphatic heterocycles. The highest BCUT2D eigenvalue weighted by molar-refractivity contribution is 6.31. The van der Waals surface area contributed by atoms with Gasteiger partial charge >= 0.3 is 0 Å². The summed E-state index contributed by atoms with van der Waals surface area (Å²) >= 11 is 6.31. The molecule has 2 rings (SSSR count). The van der Waals surface area contributed by atoms with Crippen LogP contribution in [0.15, 0.2) is 23.3 Å². The van der Waals surface area contributed by atoms with E-state index in [2.05, 4.69) is 24.1 Å². The molecule has 1 aliphatic carbocycles. The van der Waals surface area contributed by atoms with Crippen molar-refractivity contribution in [2.45, 2.75) is 58.8 Å². The minimum Gasteiger partial charge on any atom is -0.299 e. The van der Waals surface area contributed by atoms with Gasteiger partial charge in [-0.1, -0.05) is 51.4 Å². The molecule has 0 radical (unpaired) electrons. The number of allylic oxidation sites excluding steroid dienone is 3. The van der Waals surface area contributed by atoms with Crippen molar-refractivity contribution in [2.75, 3.05) is 7.05 Å². The van der Waals surface area contributed by atoms with E-state index in [1.165, 1.54) is 0 Å². The van der Waals surface area contributed by atoms with E-state index in [9.17, 15) is 9.59 Å². The summed E-state index contributed by atoms with van der Waals surface area (Å²) in [7, 11) is 1.97. The topological polar surface area (TPSA) is 49.4 Å². The van der Waals surface area contributed by atoms with Crippen LogP contribution in [0, 0.1) is 17.8 Å². The van der Waals surface area contributed by atoms with Crippen LogP contribution in [0.5, 0.6) is 0 Å². The van der Waals surface area contributed by atoms with Gasteiger partial charge in [-0.15, -0.1) is 0 Å². The highest BCUT2D eigenvalue weighted by Crippen LogP contribution is 2.28. The van der Waals surface area contributed by atoms with E-state index in [0.717, 1.165) is 6.42 Å². The third-order valence-electron chi connectivity index (χ3n) is 5.27. The number of nitrogens with zero attached hydrogens (tertiary/aromatic N) is 1. The molecule has 0 aromatic carbocycles. The van der Waals surface area contributed by atoms with Gasteiger partial charge in [-0.3, -0.25) is 19.8 Å². The first-order valence-electron chi connectivity index (χ1n) is 8.85. The van der Waals surface area contributed by atoms with Crippen LogP contribution in [0.3, 0.4) is 0 Å². The molecule has 4 nitrogen and oxygen atoms in total. The zero-order valence-corrected chi connectivity index (χ0v) is 16.0. The molecule has 0 aromatic heterocycles. The number of hydrogen-bond acceptors (Lipinski definition) is 4. The van der Waals surface area contributed by atoms with Gasteiger partial charge in [-0.2, -0.15) is 0 Å². The second kappa shape index (κ2) is 7.94. The summed E-state index contributed by atoms with van der Waals surface area (Å²) in [6, 6.07) is -0.278. The first-order chi connectivity index (χ1) is 11.3. The molecular weight excluding hydrogens is 324 g/mol. The number of halogens is 1. The monoisotopic (exact) mass is 352 g/mol. The van der Waals surface area contributed by atoms with E-state index in [-0.39, 0.29) is 54.0 Å². The minimum absolute atomic E-state index is 0.00318. The molecule has 5 heteroatoms. The summed E-state index contributed by atoms with van der Waals surface area (Å²) in [5.74, 6) is -0.0916. The Bertz CT molecular complexity index is 556. The third kappa shape index (κ3) is 3.98. The zero-order valence-electron chi connectivity index (χ0n) is 15.3. The molecule has 1 heterocycles. The predicted molar refractivity (Wildman–Crippen MR) is 97.8 cm³/mol. The molecule has 1 saturated heterocycles. The second-order valence-electron chi connectivity index (χ2n) is 7.38. The molecule has 4 unspecified atom stereocenters. The smallest absolute Gasteiger partial charge is 0.158 e. The molecule has 134 valence electrons. The van der Waals surface area contributed by atoms with E-state index >= 15 is 0 Å². The van der Waals surface area contributed by atoms with Crippen LogP contribution in [0.25, 0.3) is 0 Å². The first-order valence-corrected chi connectivity index (χ1v) is 9.23. The fourth-order valence-electron chi connectivity index (χ4n) is 3.79. The van der Waals surface area contributed by atoms with Crippen molar-refractivity contribution in [1.82, 2.24) is 10.2 Å². The van der Waals surface area contributed by atoms with E-state index < -0.39 is 0 Å². The summed E-state index contributed by atoms with van der Waals surface area (Å²) in [5, 5.41) is 4.12. The number of carbonyl (C=O) groups is 2. The largest absolute Gasteiger partial charge is 0.299 e. The number of fused-ring (bicyclic) bond motifs is 1. The fraction of sp³-hybridized carbons (Fsp3) is 0.684. The van der Waals surface area contributed by atoms with Gasteiger partial charge in [0.05, 0.1) is 18.6 Å². The molecule has 24 heavy (non-hydrogen) atoms. The molecule has 0 amide bonds. The Morgan fingerprint density at radius 3 is 2.58 bits per heavy atom. The molecule has 5 atom stereocenters. The van der Waals surface area contributed by atoms with Crippen molar-refractivity contribution in [3.05, 3.63) is 23.3 Å². The highest BCUT2D eigenvalue weighted by Gasteiger charge is 2.44. The van der Waals surface area contributed by atoms with Crippen molar-refractivity contribution in [2.24, 2.45) is 17.8 Å². The summed E-state index contributed by atoms with van der Waals surface area (Å²) in [6.45, 7) is 8.16. The van der Waals surface area contributed by atoms with Crippen LogP contribution in [-0.4, -0.2) is 41.8 Å². The Morgan fingerprint density at radius 1 is 1.33 bits per heavy atom. The third-order valence-corrected chi connectivity index (χ3v) is 5.53. The average molecular weight is 353 g/mol. The number of ketones is 2. The molecule has 0 spiro atoms. The molecule has 2 aliphatic rings. The maximum atomic E-state index is 12.9. The van der Waals surface area contributed by atoms with Gasteiger partial charge in [0.25, 0.3) is 0 Å². The van der Waals surface area contributed by atoms with Crippen LogP contribution in [0.1, 0.15) is 40.5 Å². The van der Waals surface area contributed by atoms with E-state index in [4.69, 9.17) is 11.6 Å². The van der Waals surface area contributed by atoms with Gasteiger partial charge < -0.3 is 0 Å². The Morgan fingerprint density at radius 2 is 2.00 bits per heavy atom. The fourth-order valence-corrected chi connectivity index (χ4v) is 4.00. The lowest BCUT2D eigenvalue weighted by Crippen LogP contribution is -2.45. The summed E-state index contributed by atoms with van der Waals surface area (Å²) in [4.78, 5) is 27.7. The molecule has 0 aromatic rings. The van der Waals surface area contributed by atoms with Crippen LogP contribution in [0.4, 0.5) is 0 Å². The maximum absolute atomic E-state index is 12.9. The van der Waals surface area contributed by atoms with Crippen molar-refractivity contribution in [3.63, 3.8) is 0 Å². The Kier molecular flexibility index (Phi) is 6.40. The van der Waals surface area contributed by atoms with Crippen molar-refractivity contribution in [3.8, 4) is 0 Å². The number of carbonyl (C=O) groups excluding carboxylic acids is 2. The molecule has 1 fully saturated rings. The van der Waals surface area contributed by atoms with E-state index in [1.54, 1.807) is 6.08 Å². The Hall–Kier alpha value is -0.970. The number of Topliss-reactive ketones (excluding diaryl/α,β-unsaturated/α-hetero) is 2. The average Bonchev–Trinajstić information content (AvgIpc) is 2.85. The van der Waals surface area contributed by atoms with Crippen molar-refractivity contribution < 1.29 is 9.59 Å². The van der Waals surface area contributed by atoms with Crippen molar-refractivity contribution >= 4 is 23.2 Å². The normalized spacial score (nSPS) is 39.3. The molecule has 1 N–H and O–H groups in total. The molecular formula is C19H29ClN2O2. The maximum Gasteiger partial charge on any atom is 0.158 e. The quantitative estimate of drug-likeness (QED) is 0.776. The Labute approximate surface area is 150 Å². The second-order valence-corrected chi connectivity index (χ2v) is 7.81. The Balaban J connectivity index is 2.40. The minimum atomic E-state index is -0.320. The highest BCUT2D eigenvalue weighted by atomic mass is 35.5.